The Morgan fingerprint density at radius 1 is 1.36 bits per heavy atom. The highest BCUT2D eigenvalue weighted by Gasteiger charge is 2.40. The molecule has 0 aliphatic heterocycles. The van der Waals surface area contributed by atoms with Crippen LogP contribution in [0.2, 0.25) is 0 Å². The molecule has 0 bridgehead atoms. The fraction of sp³-hybridized carbons (Fsp3) is 0.353. The Kier molecular flexibility index (Phi) is 4.69. The Balaban J connectivity index is 1.60. The number of nitrogens with zero attached hydrogens (tertiary/aromatic N) is 1. The standard InChI is InChI=1S/C17H17FN2O5/c18-12-4-1-2-5-14(12)24-10-11-8-13(20-25-11)16(23)19-17(6-3-7-17)9-15(21)22/h1-2,4-5,8H,3,6-7,9-10H2,(H,19,23)(H,21,22). The molecule has 8 heteroatoms. The predicted molar refractivity (Wildman–Crippen MR) is 83.5 cm³/mol. The number of hydrogen-bond donors (Lipinski definition) is 2. The van der Waals surface area contributed by atoms with Crippen LogP contribution in [0.5, 0.6) is 5.75 Å². The van der Waals surface area contributed by atoms with Gasteiger partial charge in [0.1, 0.15) is 6.61 Å². The number of carbonyl (C=O) groups is 2. The van der Waals surface area contributed by atoms with Gasteiger partial charge in [-0.3, -0.25) is 9.59 Å². The summed E-state index contributed by atoms with van der Waals surface area (Å²) in [5.41, 5.74) is -0.685. The summed E-state index contributed by atoms with van der Waals surface area (Å²) in [5.74, 6) is -1.63. The number of para-hydroxylation sites is 1. The van der Waals surface area contributed by atoms with Crippen LogP contribution >= 0.6 is 0 Å². The van der Waals surface area contributed by atoms with Gasteiger partial charge in [0, 0.05) is 6.07 Å². The third-order valence-corrected chi connectivity index (χ3v) is 4.18. The summed E-state index contributed by atoms with van der Waals surface area (Å²) in [7, 11) is 0. The van der Waals surface area contributed by atoms with Crippen molar-refractivity contribution in [2.75, 3.05) is 0 Å². The number of aromatic nitrogens is 1. The summed E-state index contributed by atoms with van der Waals surface area (Å²) < 4.78 is 23.8. The quantitative estimate of drug-likeness (QED) is 0.797. The first-order valence-electron chi connectivity index (χ1n) is 7.85. The van der Waals surface area contributed by atoms with E-state index in [-0.39, 0.29) is 30.2 Å². The lowest BCUT2D eigenvalue weighted by Gasteiger charge is -2.41. The molecule has 0 unspecified atom stereocenters. The summed E-state index contributed by atoms with van der Waals surface area (Å²) >= 11 is 0. The van der Waals surface area contributed by atoms with Crippen molar-refractivity contribution < 1.29 is 28.3 Å². The number of aliphatic carboxylic acids is 1. The summed E-state index contributed by atoms with van der Waals surface area (Å²) in [6.07, 6.45) is 1.98. The number of carboxylic acid groups (broad SMARTS) is 1. The van der Waals surface area contributed by atoms with Gasteiger partial charge >= 0.3 is 5.97 Å². The summed E-state index contributed by atoms with van der Waals surface area (Å²) in [4.78, 5) is 23.2. The van der Waals surface area contributed by atoms with Crippen LogP contribution in [0.4, 0.5) is 4.39 Å². The molecule has 7 nitrogen and oxygen atoms in total. The summed E-state index contributed by atoms with van der Waals surface area (Å²) in [5, 5.41) is 15.4. The maximum absolute atomic E-state index is 13.5. The van der Waals surface area contributed by atoms with Crippen molar-refractivity contribution in [2.24, 2.45) is 0 Å². The number of hydrogen-bond acceptors (Lipinski definition) is 5. The number of rotatable bonds is 7. The average molecular weight is 348 g/mol. The summed E-state index contributed by atoms with van der Waals surface area (Å²) in [6, 6.07) is 7.33. The molecule has 2 N–H and O–H groups in total. The molecular formula is C17H17FN2O5. The lowest BCUT2D eigenvalue weighted by atomic mass is 9.74. The third kappa shape index (κ3) is 3.96. The zero-order valence-corrected chi connectivity index (χ0v) is 13.3. The van der Waals surface area contributed by atoms with Gasteiger partial charge < -0.3 is 19.7 Å². The van der Waals surface area contributed by atoms with Gasteiger partial charge in [-0.2, -0.15) is 0 Å². The molecule has 1 saturated carbocycles. The highest BCUT2D eigenvalue weighted by molar-refractivity contribution is 5.93. The second-order valence-electron chi connectivity index (χ2n) is 6.06. The average Bonchev–Trinajstić information content (AvgIpc) is 3.00. The van der Waals surface area contributed by atoms with Crippen molar-refractivity contribution in [2.45, 2.75) is 37.8 Å². The molecule has 3 rings (SSSR count). The van der Waals surface area contributed by atoms with E-state index in [2.05, 4.69) is 10.5 Å². The van der Waals surface area contributed by atoms with Crippen molar-refractivity contribution >= 4 is 11.9 Å². The molecule has 1 aliphatic carbocycles. The van der Waals surface area contributed by atoms with Crippen molar-refractivity contribution in [1.82, 2.24) is 10.5 Å². The van der Waals surface area contributed by atoms with Crippen molar-refractivity contribution in [3.63, 3.8) is 0 Å². The highest BCUT2D eigenvalue weighted by atomic mass is 19.1. The second kappa shape index (κ2) is 6.92. The van der Waals surface area contributed by atoms with Crippen molar-refractivity contribution in [3.8, 4) is 5.75 Å². The molecule has 2 aromatic rings. The molecule has 1 aromatic carbocycles. The minimum atomic E-state index is -0.959. The number of halogens is 1. The van der Waals surface area contributed by atoms with E-state index in [1.165, 1.54) is 18.2 Å². The number of carbonyl (C=O) groups excluding carboxylic acids is 1. The minimum absolute atomic E-state index is 0.0313. The molecule has 25 heavy (non-hydrogen) atoms. The SMILES string of the molecule is O=C(O)CC1(NC(=O)c2cc(COc3ccccc3F)on2)CCC1. The lowest BCUT2D eigenvalue weighted by Crippen LogP contribution is -2.54. The monoisotopic (exact) mass is 348 g/mol. The fourth-order valence-electron chi connectivity index (χ4n) is 2.74. The molecule has 1 aliphatic rings. The summed E-state index contributed by atoms with van der Waals surface area (Å²) in [6.45, 7) is -0.0819. The Bertz CT molecular complexity index is 785. The Morgan fingerprint density at radius 3 is 2.76 bits per heavy atom. The van der Waals surface area contributed by atoms with Crippen LogP contribution in [0, 0.1) is 5.82 Å². The first kappa shape index (κ1) is 16.9. The van der Waals surface area contributed by atoms with E-state index in [1.807, 2.05) is 0 Å². The normalized spacial score (nSPS) is 15.2. The van der Waals surface area contributed by atoms with Gasteiger partial charge in [-0.25, -0.2) is 4.39 Å². The van der Waals surface area contributed by atoms with Gasteiger partial charge in [-0.05, 0) is 31.4 Å². The number of carboxylic acids is 1. The Hall–Kier alpha value is -2.90. The molecule has 1 aromatic heterocycles. The van der Waals surface area contributed by atoms with Crippen LogP contribution in [-0.2, 0) is 11.4 Å². The molecule has 0 saturated heterocycles. The van der Waals surface area contributed by atoms with Crippen molar-refractivity contribution in [1.29, 1.82) is 0 Å². The van der Waals surface area contributed by atoms with Gasteiger partial charge in [0.25, 0.3) is 5.91 Å². The van der Waals surface area contributed by atoms with E-state index in [9.17, 15) is 14.0 Å². The predicted octanol–water partition coefficient (Wildman–Crippen LogP) is 2.52. The second-order valence-corrected chi connectivity index (χ2v) is 6.06. The van der Waals surface area contributed by atoms with Crippen LogP contribution < -0.4 is 10.1 Å². The van der Waals surface area contributed by atoms with E-state index in [0.29, 0.717) is 12.8 Å². The zero-order chi connectivity index (χ0) is 17.9. The largest absolute Gasteiger partial charge is 0.482 e. The van der Waals surface area contributed by atoms with E-state index in [0.717, 1.165) is 6.42 Å². The van der Waals surface area contributed by atoms with E-state index in [1.54, 1.807) is 12.1 Å². The van der Waals surface area contributed by atoms with E-state index >= 15 is 0 Å². The Morgan fingerprint density at radius 2 is 2.12 bits per heavy atom. The van der Waals surface area contributed by atoms with Gasteiger partial charge in [0.15, 0.2) is 23.0 Å². The molecule has 0 atom stereocenters. The maximum Gasteiger partial charge on any atom is 0.305 e. The number of amides is 1. The molecule has 0 radical (unpaired) electrons. The minimum Gasteiger partial charge on any atom is -0.482 e. The van der Waals surface area contributed by atoms with Gasteiger partial charge in [0.2, 0.25) is 0 Å². The van der Waals surface area contributed by atoms with Crippen LogP contribution in [-0.4, -0.2) is 27.7 Å². The number of ether oxygens (including phenoxy) is 1. The Labute approximate surface area is 142 Å². The fourth-order valence-corrected chi connectivity index (χ4v) is 2.74. The van der Waals surface area contributed by atoms with Gasteiger partial charge in [-0.1, -0.05) is 17.3 Å². The van der Waals surface area contributed by atoms with E-state index < -0.39 is 23.2 Å². The first-order chi connectivity index (χ1) is 12.0. The van der Waals surface area contributed by atoms with Crippen LogP contribution in [0.1, 0.15) is 41.9 Å². The molecule has 0 spiro atoms. The topological polar surface area (TPSA) is 102 Å². The molecule has 1 heterocycles. The number of benzene rings is 1. The van der Waals surface area contributed by atoms with E-state index in [4.69, 9.17) is 14.4 Å². The molecular weight excluding hydrogens is 331 g/mol. The molecule has 1 fully saturated rings. The zero-order valence-electron chi connectivity index (χ0n) is 13.3. The van der Waals surface area contributed by atoms with Gasteiger partial charge in [-0.15, -0.1) is 0 Å². The molecule has 132 valence electrons. The highest BCUT2D eigenvalue weighted by Crippen LogP contribution is 2.35. The number of nitrogens with one attached hydrogen (secondary N) is 1. The lowest BCUT2D eigenvalue weighted by molar-refractivity contribution is -0.139. The third-order valence-electron chi connectivity index (χ3n) is 4.18. The van der Waals surface area contributed by atoms with Crippen LogP contribution in [0.25, 0.3) is 0 Å². The smallest absolute Gasteiger partial charge is 0.305 e. The van der Waals surface area contributed by atoms with Crippen molar-refractivity contribution in [3.05, 3.63) is 47.6 Å². The van der Waals surface area contributed by atoms with Crippen LogP contribution in [0.3, 0.4) is 0 Å². The van der Waals surface area contributed by atoms with Gasteiger partial charge in [0.05, 0.1) is 12.0 Å². The van der Waals surface area contributed by atoms with Crippen LogP contribution in [0.15, 0.2) is 34.9 Å². The first-order valence-corrected chi connectivity index (χ1v) is 7.85. The molecule has 1 amide bonds. The maximum atomic E-state index is 13.5.